The second-order valence-electron chi connectivity index (χ2n) is 2.67. The van der Waals surface area contributed by atoms with Crippen molar-refractivity contribution in [2.24, 2.45) is 0 Å². The summed E-state index contributed by atoms with van der Waals surface area (Å²) in [7, 11) is 0. The van der Waals surface area contributed by atoms with Gasteiger partial charge in [0.1, 0.15) is 5.82 Å². The van der Waals surface area contributed by atoms with Crippen molar-refractivity contribution in [2.75, 3.05) is 5.73 Å². The van der Waals surface area contributed by atoms with E-state index in [1.165, 1.54) is 6.07 Å². The Morgan fingerprint density at radius 2 is 2.21 bits per heavy atom. The van der Waals surface area contributed by atoms with Gasteiger partial charge in [-0.05, 0) is 34.1 Å². The van der Waals surface area contributed by atoms with Crippen molar-refractivity contribution in [3.63, 3.8) is 0 Å². The molecule has 0 fully saturated rings. The molecule has 0 spiro atoms. The van der Waals surface area contributed by atoms with Crippen LogP contribution in [0.3, 0.4) is 0 Å². The van der Waals surface area contributed by atoms with Gasteiger partial charge >= 0.3 is 0 Å². The molecule has 2 rings (SSSR count). The van der Waals surface area contributed by atoms with Crippen LogP contribution in [0.5, 0.6) is 0 Å². The molecule has 0 aliphatic rings. The van der Waals surface area contributed by atoms with Gasteiger partial charge < -0.3 is 5.73 Å². The Morgan fingerprint density at radius 1 is 1.43 bits per heavy atom. The van der Waals surface area contributed by atoms with Gasteiger partial charge in [-0.1, -0.05) is 0 Å². The zero-order valence-electron chi connectivity index (χ0n) is 6.96. The minimum Gasteiger partial charge on any atom is -0.366 e. The summed E-state index contributed by atoms with van der Waals surface area (Å²) in [5.74, 6) is 0.245. The highest BCUT2D eigenvalue weighted by Crippen LogP contribution is 2.21. The van der Waals surface area contributed by atoms with Gasteiger partial charge in [-0.2, -0.15) is 4.98 Å². The molecule has 0 aliphatic heterocycles. The van der Waals surface area contributed by atoms with Gasteiger partial charge in [-0.3, -0.25) is 5.10 Å². The number of hydrogen-bond donors (Lipinski definition) is 2. The maximum absolute atomic E-state index is 13.1. The molecule has 72 valence electrons. The van der Waals surface area contributed by atoms with Gasteiger partial charge in [0.25, 0.3) is 0 Å². The van der Waals surface area contributed by atoms with Crippen LogP contribution in [0.4, 0.5) is 10.3 Å². The van der Waals surface area contributed by atoms with Crippen LogP contribution < -0.4 is 5.73 Å². The van der Waals surface area contributed by atoms with Crippen molar-refractivity contribution in [1.82, 2.24) is 15.2 Å². The maximum Gasteiger partial charge on any atom is 0.239 e. The number of hydrogen-bond acceptors (Lipinski definition) is 3. The molecule has 6 heteroatoms. The topological polar surface area (TPSA) is 67.6 Å². The first-order valence-electron chi connectivity index (χ1n) is 3.80. The Labute approximate surface area is 87.5 Å². The van der Waals surface area contributed by atoms with Gasteiger partial charge in [0.2, 0.25) is 5.95 Å². The standard InChI is InChI=1S/C8H6BrFN4/c9-5-2-1-4(3-6(5)10)7-12-8(11)14-13-7/h1-3H,(H3,11,12,13,14). The number of anilines is 1. The Hall–Kier alpha value is -1.43. The lowest BCUT2D eigenvalue weighted by molar-refractivity contribution is 0.621. The molecule has 4 nitrogen and oxygen atoms in total. The van der Waals surface area contributed by atoms with E-state index >= 15 is 0 Å². The monoisotopic (exact) mass is 256 g/mol. The third-order valence-electron chi connectivity index (χ3n) is 1.70. The van der Waals surface area contributed by atoms with Gasteiger partial charge in [-0.25, -0.2) is 4.39 Å². The molecule has 0 radical (unpaired) electrons. The average Bonchev–Trinajstić information content (AvgIpc) is 2.57. The van der Waals surface area contributed by atoms with Crippen molar-refractivity contribution in [2.45, 2.75) is 0 Å². The summed E-state index contributed by atoms with van der Waals surface area (Å²) >= 11 is 3.06. The summed E-state index contributed by atoms with van der Waals surface area (Å²) in [6.45, 7) is 0. The molecule has 0 saturated carbocycles. The minimum atomic E-state index is -0.350. The smallest absolute Gasteiger partial charge is 0.239 e. The summed E-state index contributed by atoms with van der Waals surface area (Å²) in [4.78, 5) is 3.88. The normalized spacial score (nSPS) is 10.4. The Morgan fingerprint density at radius 3 is 2.79 bits per heavy atom. The molecule has 0 aliphatic carbocycles. The Kier molecular flexibility index (Phi) is 2.20. The molecular formula is C8H6BrFN4. The second-order valence-corrected chi connectivity index (χ2v) is 3.53. The number of rotatable bonds is 1. The molecular weight excluding hydrogens is 251 g/mol. The SMILES string of the molecule is Nc1n[nH]c(-c2ccc(Br)c(F)c2)n1. The highest BCUT2D eigenvalue weighted by Gasteiger charge is 2.06. The number of nitrogen functional groups attached to an aromatic ring is 1. The fraction of sp³-hybridized carbons (Fsp3) is 0. The van der Waals surface area contributed by atoms with Crippen LogP contribution in [0.1, 0.15) is 0 Å². The first-order chi connectivity index (χ1) is 6.66. The zero-order valence-corrected chi connectivity index (χ0v) is 8.55. The van der Waals surface area contributed by atoms with Gasteiger partial charge in [0.05, 0.1) is 4.47 Å². The van der Waals surface area contributed by atoms with Crippen LogP contribution >= 0.6 is 15.9 Å². The third-order valence-corrected chi connectivity index (χ3v) is 2.34. The first-order valence-corrected chi connectivity index (χ1v) is 4.59. The highest BCUT2D eigenvalue weighted by molar-refractivity contribution is 9.10. The van der Waals surface area contributed by atoms with Gasteiger partial charge in [0, 0.05) is 5.56 Å². The quantitative estimate of drug-likeness (QED) is 0.820. The number of aromatic amines is 1. The average molecular weight is 257 g/mol. The molecule has 0 unspecified atom stereocenters. The van der Waals surface area contributed by atoms with Crippen LogP contribution in [0.15, 0.2) is 22.7 Å². The predicted octanol–water partition coefficient (Wildman–Crippen LogP) is 1.96. The number of nitrogens with zero attached hydrogens (tertiary/aromatic N) is 2. The van der Waals surface area contributed by atoms with Crippen LogP contribution in [0.2, 0.25) is 0 Å². The van der Waals surface area contributed by atoms with Crippen molar-refractivity contribution in [3.8, 4) is 11.4 Å². The van der Waals surface area contributed by atoms with E-state index in [-0.39, 0.29) is 11.8 Å². The maximum atomic E-state index is 13.1. The zero-order chi connectivity index (χ0) is 10.1. The Bertz CT molecular complexity index is 468. The second kappa shape index (κ2) is 3.38. The van der Waals surface area contributed by atoms with Gasteiger partial charge in [-0.15, -0.1) is 5.10 Å². The van der Waals surface area contributed by atoms with E-state index in [0.717, 1.165) is 0 Å². The molecule has 0 bridgehead atoms. The van der Waals surface area contributed by atoms with Crippen LogP contribution in [0, 0.1) is 5.82 Å². The van der Waals surface area contributed by atoms with E-state index in [1.54, 1.807) is 12.1 Å². The van der Waals surface area contributed by atoms with Crippen molar-refractivity contribution < 1.29 is 4.39 Å². The molecule has 1 aromatic carbocycles. The van der Waals surface area contributed by atoms with Crippen molar-refractivity contribution in [3.05, 3.63) is 28.5 Å². The molecule has 14 heavy (non-hydrogen) atoms. The number of benzene rings is 1. The number of nitrogens with one attached hydrogen (secondary N) is 1. The molecule has 1 aromatic heterocycles. The number of halogens is 2. The molecule has 2 aromatic rings. The molecule has 0 amide bonds. The van der Waals surface area contributed by atoms with E-state index in [1.807, 2.05) is 0 Å². The van der Waals surface area contributed by atoms with E-state index in [0.29, 0.717) is 15.9 Å². The van der Waals surface area contributed by atoms with Gasteiger partial charge in [0.15, 0.2) is 5.82 Å². The summed E-state index contributed by atoms with van der Waals surface area (Å²) in [5, 5.41) is 6.25. The molecule has 3 N–H and O–H groups in total. The van der Waals surface area contributed by atoms with E-state index in [2.05, 4.69) is 31.1 Å². The molecule has 0 saturated heterocycles. The fourth-order valence-electron chi connectivity index (χ4n) is 1.05. The van der Waals surface area contributed by atoms with E-state index in [4.69, 9.17) is 5.73 Å². The first kappa shape index (κ1) is 9.14. The number of nitrogens with two attached hydrogens (primary N) is 1. The third kappa shape index (κ3) is 1.60. The van der Waals surface area contributed by atoms with Crippen LogP contribution in [-0.4, -0.2) is 15.2 Å². The lowest BCUT2D eigenvalue weighted by Crippen LogP contribution is -1.86. The summed E-state index contributed by atoms with van der Waals surface area (Å²) < 4.78 is 13.5. The fourth-order valence-corrected chi connectivity index (χ4v) is 1.29. The summed E-state index contributed by atoms with van der Waals surface area (Å²) in [6.07, 6.45) is 0. The highest BCUT2D eigenvalue weighted by atomic mass is 79.9. The van der Waals surface area contributed by atoms with E-state index < -0.39 is 0 Å². The van der Waals surface area contributed by atoms with Crippen LogP contribution in [0.25, 0.3) is 11.4 Å². The molecule has 1 heterocycles. The summed E-state index contributed by atoms with van der Waals surface area (Å²) in [5.41, 5.74) is 5.93. The van der Waals surface area contributed by atoms with Crippen LogP contribution in [-0.2, 0) is 0 Å². The van der Waals surface area contributed by atoms with Crippen molar-refractivity contribution in [1.29, 1.82) is 0 Å². The molecule has 0 atom stereocenters. The number of aromatic nitrogens is 3. The summed E-state index contributed by atoms with van der Waals surface area (Å²) in [6, 6.07) is 4.67. The number of H-pyrrole nitrogens is 1. The van der Waals surface area contributed by atoms with E-state index in [9.17, 15) is 4.39 Å². The lowest BCUT2D eigenvalue weighted by Gasteiger charge is -1.97. The largest absolute Gasteiger partial charge is 0.366 e. The Balaban J connectivity index is 2.47. The van der Waals surface area contributed by atoms with Crippen molar-refractivity contribution >= 4 is 21.9 Å². The minimum absolute atomic E-state index is 0.142. The lowest BCUT2D eigenvalue weighted by atomic mass is 10.2. The predicted molar refractivity (Wildman–Crippen MR) is 53.9 cm³/mol.